The Morgan fingerprint density at radius 3 is 2.32 bits per heavy atom. The Kier molecular flexibility index (Phi) is 5.92. The maximum Gasteiger partial charge on any atom is 0.265 e. The lowest BCUT2D eigenvalue weighted by atomic mass is 9.98. The highest BCUT2D eigenvalue weighted by molar-refractivity contribution is 7.92. The molecule has 8 nitrogen and oxygen atoms in total. The minimum Gasteiger partial charge on any atom is -0.364 e. The van der Waals surface area contributed by atoms with E-state index < -0.39 is 27.6 Å². The number of primary amides is 1. The average Bonchev–Trinajstić information content (AvgIpc) is 3.22. The van der Waals surface area contributed by atoms with Crippen molar-refractivity contribution >= 4 is 32.5 Å². The fourth-order valence-electron chi connectivity index (χ4n) is 4.17. The van der Waals surface area contributed by atoms with Crippen molar-refractivity contribution in [3.63, 3.8) is 0 Å². The Bertz CT molecular complexity index is 1790. The van der Waals surface area contributed by atoms with E-state index in [1.165, 1.54) is 12.4 Å². The third kappa shape index (κ3) is 4.89. The predicted octanol–water partition coefficient (Wildman–Crippen LogP) is 4.50. The zero-order valence-corrected chi connectivity index (χ0v) is 20.1. The van der Waals surface area contributed by atoms with Gasteiger partial charge in [0.05, 0.1) is 17.5 Å². The van der Waals surface area contributed by atoms with Gasteiger partial charge in [-0.05, 0) is 59.7 Å². The number of hydrogen-bond acceptors (Lipinski definition) is 5. The van der Waals surface area contributed by atoms with Gasteiger partial charge in [-0.15, -0.1) is 0 Å². The molecule has 0 bridgehead atoms. The van der Waals surface area contributed by atoms with E-state index in [2.05, 4.69) is 14.7 Å². The van der Waals surface area contributed by atoms with Gasteiger partial charge in [-0.1, -0.05) is 6.07 Å². The van der Waals surface area contributed by atoms with Crippen LogP contribution in [0.1, 0.15) is 10.5 Å². The van der Waals surface area contributed by atoms with Gasteiger partial charge >= 0.3 is 0 Å². The molecule has 0 spiro atoms. The van der Waals surface area contributed by atoms with E-state index in [1.54, 1.807) is 59.4 Å². The number of hydrogen-bond donors (Lipinski definition) is 2. The molecule has 0 unspecified atom stereocenters. The van der Waals surface area contributed by atoms with E-state index >= 15 is 0 Å². The van der Waals surface area contributed by atoms with Crippen LogP contribution in [0.2, 0.25) is 0 Å². The molecule has 0 radical (unpaired) electrons. The Balaban J connectivity index is 1.82. The summed E-state index contributed by atoms with van der Waals surface area (Å²) in [6.07, 6.45) is 5.55. The molecule has 0 fully saturated rings. The maximum absolute atomic E-state index is 14.8. The molecule has 0 aliphatic carbocycles. The Hall–Kier alpha value is -4.64. The second-order valence-corrected chi connectivity index (χ2v) is 10.1. The van der Waals surface area contributed by atoms with Crippen molar-refractivity contribution in [2.24, 2.45) is 5.73 Å². The highest BCUT2D eigenvalue weighted by Gasteiger charge is 2.18. The largest absolute Gasteiger partial charge is 0.364 e. The fraction of sp³-hybridized carbons (Fsp3) is 0.0385. The van der Waals surface area contributed by atoms with Crippen molar-refractivity contribution in [2.75, 3.05) is 11.0 Å². The molecule has 5 aromatic rings. The number of amides is 1. The zero-order chi connectivity index (χ0) is 26.3. The summed E-state index contributed by atoms with van der Waals surface area (Å²) in [5.41, 5.74) is 8.77. The van der Waals surface area contributed by atoms with E-state index in [9.17, 15) is 22.0 Å². The summed E-state index contributed by atoms with van der Waals surface area (Å²) in [6.45, 7) is 0. The number of aromatic nitrogens is 3. The molecule has 0 atom stereocenters. The molecular formula is C26H19F2N5O3S. The fourth-order valence-corrected chi connectivity index (χ4v) is 4.73. The second-order valence-electron chi connectivity index (χ2n) is 8.40. The number of benzene rings is 3. The van der Waals surface area contributed by atoms with E-state index in [0.29, 0.717) is 33.3 Å². The van der Waals surface area contributed by atoms with Gasteiger partial charge in [-0.2, -0.15) is 0 Å². The molecule has 2 heterocycles. The minimum absolute atomic E-state index is 0.124. The van der Waals surface area contributed by atoms with Crippen molar-refractivity contribution in [3.05, 3.63) is 96.7 Å². The molecule has 11 heteroatoms. The molecule has 186 valence electrons. The summed E-state index contributed by atoms with van der Waals surface area (Å²) in [5.74, 6) is -2.20. The quantitative estimate of drug-likeness (QED) is 0.342. The number of carbonyl (C=O) groups is 1. The van der Waals surface area contributed by atoms with Crippen LogP contribution in [-0.4, -0.2) is 35.1 Å². The average molecular weight is 520 g/mol. The number of fused-ring (bicyclic) bond motifs is 1. The lowest BCUT2D eigenvalue weighted by molar-refractivity contribution is 0.0994. The summed E-state index contributed by atoms with van der Waals surface area (Å²) in [4.78, 5) is 20.5. The number of sulfonamides is 1. The monoisotopic (exact) mass is 519 g/mol. The molecule has 0 aliphatic heterocycles. The highest BCUT2D eigenvalue weighted by atomic mass is 32.2. The molecule has 0 saturated heterocycles. The smallest absolute Gasteiger partial charge is 0.265 e. The minimum atomic E-state index is -3.56. The van der Waals surface area contributed by atoms with Crippen LogP contribution in [0.4, 0.5) is 14.5 Å². The van der Waals surface area contributed by atoms with Crippen molar-refractivity contribution in [1.82, 2.24) is 14.5 Å². The van der Waals surface area contributed by atoms with Crippen molar-refractivity contribution in [1.29, 1.82) is 0 Å². The van der Waals surface area contributed by atoms with Gasteiger partial charge in [0, 0.05) is 40.7 Å². The zero-order valence-electron chi connectivity index (χ0n) is 19.3. The first kappa shape index (κ1) is 24.1. The van der Waals surface area contributed by atoms with Crippen molar-refractivity contribution in [2.45, 2.75) is 0 Å². The van der Waals surface area contributed by atoms with Crippen molar-refractivity contribution in [3.8, 4) is 27.9 Å². The van der Waals surface area contributed by atoms with Crippen LogP contribution in [-0.2, 0) is 10.0 Å². The summed E-state index contributed by atoms with van der Waals surface area (Å²) >= 11 is 0. The topological polar surface area (TPSA) is 120 Å². The van der Waals surface area contributed by atoms with Crippen LogP contribution in [0.15, 0.2) is 79.4 Å². The van der Waals surface area contributed by atoms with Gasteiger partial charge in [0.25, 0.3) is 5.91 Å². The van der Waals surface area contributed by atoms with Crippen molar-refractivity contribution < 1.29 is 22.0 Å². The SMILES string of the molecule is CS(=O)(=O)Nc1ccc2cc(C(N)=O)n(-c3cc(-c4cncnc4)cc(-c4ccc(F)cc4F)c3)c2c1. The van der Waals surface area contributed by atoms with Crippen LogP contribution < -0.4 is 10.5 Å². The highest BCUT2D eigenvalue weighted by Crippen LogP contribution is 2.34. The third-order valence-electron chi connectivity index (χ3n) is 5.67. The van der Waals surface area contributed by atoms with Gasteiger partial charge < -0.3 is 10.3 Å². The Morgan fingerprint density at radius 1 is 0.919 bits per heavy atom. The molecule has 3 N–H and O–H groups in total. The van der Waals surface area contributed by atoms with Crippen LogP contribution in [0.3, 0.4) is 0 Å². The lowest BCUT2D eigenvalue weighted by Gasteiger charge is -2.15. The Labute approximate surface area is 210 Å². The summed E-state index contributed by atoms with van der Waals surface area (Å²) in [6, 6.07) is 14.7. The van der Waals surface area contributed by atoms with E-state index in [0.717, 1.165) is 18.4 Å². The van der Waals surface area contributed by atoms with Crippen LogP contribution in [0.25, 0.3) is 38.8 Å². The maximum atomic E-state index is 14.8. The van der Waals surface area contributed by atoms with Crippen LogP contribution >= 0.6 is 0 Å². The number of nitrogens with one attached hydrogen (secondary N) is 1. The van der Waals surface area contributed by atoms with E-state index in [4.69, 9.17) is 5.73 Å². The molecule has 0 saturated carbocycles. The summed E-state index contributed by atoms with van der Waals surface area (Å²) in [5, 5.41) is 0.621. The molecular weight excluding hydrogens is 500 g/mol. The lowest BCUT2D eigenvalue weighted by Crippen LogP contribution is -2.16. The first-order valence-corrected chi connectivity index (χ1v) is 12.8. The predicted molar refractivity (Wildman–Crippen MR) is 137 cm³/mol. The number of rotatable bonds is 6. The molecule has 3 aromatic carbocycles. The normalized spacial score (nSPS) is 11.5. The summed E-state index contributed by atoms with van der Waals surface area (Å²) in [7, 11) is -3.56. The molecule has 0 aliphatic rings. The number of anilines is 1. The van der Waals surface area contributed by atoms with Gasteiger partial charge in [0.15, 0.2) is 0 Å². The summed E-state index contributed by atoms with van der Waals surface area (Å²) < 4.78 is 56.0. The third-order valence-corrected chi connectivity index (χ3v) is 6.28. The first-order chi connectivity index (χ1) is 17.6. The second kappa shape index (κ2) is 9.10. The van der Waals surface area contributed by atoms with Gasteiger partial charge in [0.1, 0.15) is 23.7 Å². The van der Waals surface area contributed by atoms with Gasteiger partial charge in [-0.25, -0.2) is 27.2 Å². The molecule has 2 aromatic heterocycles. The van der Waals surface area contributed by atoms with Crippen LogP contribution in [0, 0.1) is 11.6 Å². The van der Waals surface area contributed by atoms with Gasteiger partial charge in [0.2, 0.25) is 10.0 Å². The number of nitrogens with zero attached hydrogens (tertiary/aromatic N) is 3. The Morgan fingerprint density at radius 2 is 1.65 bits per heavy atom. The van der Waals surface area contributed by atoms with E-state index in [1.807, 2.05) is 0 Å². The molecule has 37 heavy (non-hydrogen) atoms. The first-order valence-electron chi connectivity index (χ1n) is 10.9. The number of carbonyl (C=O) groups excluding carboxylic acids is 1. The van der Waals surface area contributed by atoms with E-state index in [-0.39, 0.29) is 16.9 Å². The number of halogens is 2. The van der Waals surface area contributed by atoms with Gasteiger partial charge in [-0.3, -0.25) is 9.52 Å². The molecule has 5 rings (SSSR count). The number of nitrogens with two attached hydrogens (primary N) is 1. The van der Waals surface area contributed by atoms with Crippen LogP contribution in [0.5, 0.6) is 0 Å². The molecule has 1 amide bonds. The standard InChI is InChI=1S/C26H19F2N5O3S/c1-37(35,36)32-20-4-2-15-9-25(26(29)34)33(24(15)11-20)21-7-16(18-12-30-14-31-13-18)6-17(8-21)22-5-3-19(27)10-23(22)28/h2-14,32H,1H3,(H2,29,34).